The number of thioether (sulfide) groups is 1. The summed E-state index contributed by atoms with van der Waals surface area (Å²) in [6, 6.07) is 8.03. The van der Waals surface area contributed by atoms with Crippen LogP contribution in [0.1, 0.15) is 19.4 Å². The fourth-order valence-corrected chi connectivity index (χ4v) is 4.94. The van der Waals surface area contributed by atoms with E-state index in [2.05, 4.69) is 29.4 Å². The first-order chi connectivity index (χ1) is 13.1. The second-order valence-corrected chi connectivity index (χ2v) is 9.43. The summed E-state index contributed by atoms with van der Waals surface area (Å²) in [5.74, 6) is 2.54. The van der Waals surface area contributed by atoms with E-state index in [4.69, 9.17) is 9.47 Å². The Balaban J connectivity index is 1.42. The SMILES string of the molecule is COc1ccc(CNc2nnc(SC[C@@H]3C[NH+](CC(C)C)CCO3)s2)cc1. The zero-order valence-electron chi connectivity index (χ0n) is 16.2. The van der Waals surface area contributed by atoms with Gasteiger partial charge in [0.2, 0.25) is 5.13 Å². The topological polar surface area (TPSA) is 60.7 Å². The number of nitrogens with one attached hydrogen (secondary N) is 2. The van der Waals surface area contributed by atoms with Crippen molar-refractivity contribution in [2.45, 2.75) is 30.8 Å². The van der Waals surface area contributed by atoms with E-state index in [1.807, 2.05) is 24.3 Å². The Hall–Kier alpha value is -1.35. The predicted molar refractivity (Wildman–Crippen MR) is 111 cm³/mol. The van der Waals surface area contributed by atoms with Crippen LogP contribution in [0.15, 0.2) is 28.6 Å². The molecule has 0 spiro atoms. The number of hydrogen-bond acceptors (Lipinski definition) is 7. The second kappa shape index (κ2) is 10.3. The molecule has 0 aliphatic carbocycles. The van der Waals surface area contributed by atoms with Gasteiger partial charge < -0.3 is 19.7 Å². The molecule has 148 valence electrons. The van der Waals surface area contributed by atoms with E-state index in [1.54, 1.807) is 35.1 Å². The van der Waals surface area contributed by atoms with Gasteiger partial charge in [0.05, 0.1) is 20.3 Å². The van der Waals surface area contributed by atoms with Crippen molar-refractivity contribution in [1.29, 1.82) is 0 Å². The standard InChI is InChI=1S/C19H28N4O2S2/c1-14(2)11-23-8-9-25-17(12-23)13-26-19-22-21-18(27-19)20-10-15-4-6-16(24-3)7-5-15/h4-7,14,17H,8-13H2,1-3H3,(H,20,21)/p+1/t17-/m0/s1. The van der Waals surface area contributed by atoms with Crippen LogP contribution in [0.2, 0.25) is 0 Å². The number of anilines is 1. The third-order valence-corrected chi connectivity index (χ3v) is 6.57. The summed E-state index contributed by atoms with van der Waals surface area (Å²) in [5, 5.41) is 12.7. The van der Waals surface area contributed by atoms with Gasteiger partial charge in [-0.3, -0.25) is 0 Å². The molecule has 8 heteroatoms. The van der Waals surface area contributed by atoms with Crippen molar-refractivity contribution in [3.8, 4) is 5.75 Å². The predicted octanol–water partition coefficient (Wildman–Crippen LogP) is 2.19. The minimum atomic E-state index is 0.303. The van der Waals surface area contributed by atoms with Gasteiger partial charge in [-0.2, -0.15) is 0 Å². The number of ether oxygens (including phenoxy) is 2. The maximum Gasteiger partial charge on any atom is 0.206 e. The Labute approximate surface area is 169 Å². The molecule has 6 nitrogen and oxygen atoms in total. The molecule has 3 rings (SSSR count). The average Bonchev–Trinajstić information content (AvgIpc) is 3.13. The van der Waals surface area contributed by atoms with E-state index in [-0.39, 0.29) is 0 Å². The summed E-state index contributed by atoms with van der Waals surface area (Å²) in [5.41, 5.74) is 1.18. The molecule has 1 aromatic carbocycles. The van der Waals surface area contributed by atoms with E-state index in [0.29, 0.717) is 6.10 Å². The summed E-state index contributed by atoms with van der Waals surface area (Å²) in [6.07, 6.45) is 0.303. The molecular weight excluding hydrogens is 380 g/mol. The second-order valence-electron chi connectivity index (χ2n) is 7.18. The number of morpholine rings is 1. The maximum absolute atomic E-state index is 5.93. The summed E-state index contributed by atoms with van der Waals surface area (Å²) in [7, 11) is 1.68. The average molecular weight is 410 g/mol. The molecule has 1 saturated heterocycles. The highest BCUT2D eigenvalue weighted by atomic mass is 32.2. The van der Waals surface area contributed by atoms with Gasteiger partial charge in [0.1, 0.15) is 24.9 Å². The first kappa shape index (κ1) is 20.4. The first-order valence-corrected chi connectivity index (χ1v) is 11.2. The van der Waals surface area contributed by atoms with E-state index in [0.717, 1.165) is 53.1 Å². The minimum absolute atomic E-state index is 0.303. The maximum atomic E-state index is 5.93. The zero-order chi connectivity index (χ0) is 19.1. The lowest BCUT2D eigenvalue weighted by Crippen LogP contribution is -3.15. The minimum Gasteiger partial charge on any atom is -0.497 e. The molecule has 27 heavy (non-hydrogen) atoms. The van der Waals surface area contributed by atoms with Gasteiger partial charge in [0.25, 0.3) is 0 Å². The first-order valence-electron chi connectivity index (χ1n) is 9.40. The molecular formula is C19H29N4O2S2+. The quantitative estimate of drug-likeness (QED) is 0.619. The molecule has 1 unspecified atom stereocenters. The van der Waals surface area contributed by atoms with E-state index in [9.17, 15) is 0 Å². The van der Waals surface area contributed by atoms with Crippen molar-refractivity contribution in [2.24, 2.45) is 5.92 Å². The number of nitrogens with zero attached hydrogens (tertiary/aromatic N) is 2. The summed E-state index contributed by atoms with van der Waals surface area (Å²) in [6.45, 7) is 9.59. The monoisotopic (exact) mass is 409 g/mol. The van der Waals surface area contributed by atoms with E-state index < -0.39 is 0 Å². The fraction of sp³-hybridized carbons (Fsp3) is 0.579. The van der Waals surface area contributed by atoms with Gasteiger partial charge in [0.15, 0.2) is 4.34 Å². The molecule has 1 aliphatic heterocycles. The van der Waals surface area contributed by atoms with Gasteiger partial charge in [-0.25, -0.2) is 0 Å². The summed E-state index contributed by atoms with van der Waals surface area (Å²) < 4.78 is 12.1. The van der Waals surface area contributed by atoms with Crippen LogP contribution in [-0.4, -0.2) is 55.4 Å². The largest absolute Gasteiger partial charge is 0.497 e. The van der Waals surface area contributed by atoms with Crippen molar-refractivity contribution in [3.05, 3.63) is 29.8 Å². The van der Waals surface area contributed by atoms with Crippen LogP contribution in [0.25, 0.3) is 0 Å². The lowest BCUT2D eigenvalue weighted by Gasteiger charge is -2.30. The number of methoxy groups -OCH3 is 1. The molecule has 0 amide bonds. The van der Waals surface area contributed by atoms with Crippen molar-refractivity contribution in [3.63, 3.8) is 0 Å². The molecule has 2 aromatic rings. The third-order valence-electron chi connectivity index (χ3n) is 4.42. The number of aromatic nitrogens is 2. The van der Waals surface area contributed by atoms with Crippen LogP contribution in [-0.2, 0) is 11.3 Å². The van der Waals surface area contributed by atoms with Gasteiger partial charge in [-0.1, -0.05) is 49.1 Å². The summed E-state index contributed by atoms with van der Waals surface area (Å²) in [4.78, 5) is 1.65. The Morgan fingerprint density at radius 2 is 2.15 bits per heavy atom. The van der Waals surface area contributed by atoms with Crippen LogP contribution in [0.4, 0.5) is 5.13 Å². The van der Waals surface area contributed by atoms with Gasteiger partial charge in [0, 0.05) is 18.2 Å². The normalized spacial score (nSPS) is 20.0. The third kappa shape index (κ3) is 6.64. The number of rotatable bonds is 9. The molecule has 0 bridgehead atoms. The van der Waals surface area contributed by atoms with Crippen molar-refractivity contribution < 1.29 is 14.4 Å². The van der Waals surface area contributed by atoms with Crippen molar-refractivity contribution >= 4 is 28.2 Å². The number of hydrogen-bond donors (Lipinski definition) is 2. The van der Waals surface area contributed by atoms with Crippen LogP contribution >= 0.6 is 23.1 Å². The van der Waals surface area contributed by atoms with Crippen molar-refractivity contribution in [1.82, 2.24) is 10.2 Å². The van der Waals surface area contributed by atoms with Crippen molar-refractivity contribution in [2.75, 3.05) is 44.4 Å². The lowest BCUT2D eigenvalue weighted by atomic mass is 10.2. The van der Waals surface area contributed by atoms with Crippen LogP contribution in [0.3, 0.4) is 0 Å². The molecule has 0 saturated carbocycles. The molecule has 1 fully saturated rings. The fourth-order valence-electron chi connectivity index (χ4n) is 3.15. The smallest absolute Gasteiger partial charge is 0.206 e. The molecule has 2 N–H and O–H groups in total. The highest BCUT2D eigenvalue weighted by Gasteiger charge is 2.24. The van der Waals surface area contributed by atoms with Crippen LogP contribution < -0.4 is 15.0 Å². The van der Waals surface area contributed by atoms with Gasteiger partial charge >= 0.3 is 0 Å². The van der Waals surface area contributed by atoms with Gasteiger partial charge in [-0.15, -0.1) is 10.2 Å². The van der Waals surface area contributed by atoms with Crippen LogP contribution in [0, 0.1) is 5.92 Å². The number of quaternary nitrogens is 1. The molecule has 2 heterocycles. The molecule has 0 radical (unpaired) electrons. The van der Waals surface area contributed by atoms with Crippen LogP contribution in [0.5, 0.6) is 5.75 Å². The molecule has 1 aromatic heterocycles. The Kier molecular flexibility index (Phi) is 7.75. The number of benzene rings is 1. The summed E-state index contributed by atoms with van der Waals surface area (Å²) >= 11 is 3.35. The molecule has 2 atom stereocenters. The lowest BCUT2D eigenvalue weighted by molar-refractivity contribution is -0.914. The van der Waals surface area contributed by atoms with E-state index in [1.165, 1.54) is 12.1 Å². The van der Waals surface area contributed by atoms with E-state index >= 15 is 0 Å². The van der Waals surface area contributed by atoms with Gasteiger partial charge in [-0.05, 0) is 17.7 Å². The Bertz CT molecular complexity index is 693. The highest BCUT2D eigenvalue weighted by Crippen LogP contribution is 2.27. The highest BCUT2D eigenvalue weighted by molar-refractivity contribution is 8.01. The Morgan fingerprint density at radius 1 is 1.33 bits per heavy atom. The zero-order valence-corrected chi connectivity index (χ0v) is 17.9. The molecule has 1 aliphatic rings. The Morgan fingerprint density at radius 3 is 2.89 bits per heavy atom.